The van der Waals surface area contributed by atoms with Gasteiger partial charge in [-0.05, 0) is 26.3 Å². The van der Waals surface area contributed by atoms with Gasteiger partial charge in [0.2, 0.25) is 0 Å². The van der Waals surface area contributed by atoms with Gasteiger partial charge in [-0.25, -0.2) is 0 Å². The van der Waals surface area contributed by atoms with E-state index in [0.29, 0.717) is 12.1 Å². The van der Waals surface area contributed by atoms with Gasteiger partial charge in [0.15, 0.2) is 0 Å². The van der Waals surface area contributed by atoms with E-state index in [-0.39, 0.29) is 0 Å². The fourth-order valence-electron chi connectivity index (χ4n) is 1.98. The highest BCUT2D eigenvalue weighted by molar-refractivity contribution is 5.00. The molecule has 0 amide bonds. The van der Waals surface area contributed by atoms with Crippen molar-refractivity contribution >= 4 is 0 Å². The van der Waals surface area contributed by atoms with Crippen LogP contribution in [-0.4, -0.2) is 33.8 Å². The van der Waals surface area contributed by atoms with Crippen molar-refractivity contribution in [3.63, 3.8) is 0 Å². The molecule has 2 N–H and O–H groups in total. The van der Waals surface area contributed by atoms with Gasteiger partial charge >= 0.3 is 0 Å². The molecule has 1 aromatic heterocycles. The van der Waals surface area contributed by atoms with Crippen LogP contribution in [-0.2, 0) is 6.54 Å². The molecule has 1 saturated heterocycles. The maximum absolute atomic E-state index is 5.86. The molecule has 0 radical (unpaired) electrons. The summed E-state index contributed by atoms with van der Waals surface area (Å²) in [5, 5.41) is 4.53. The molecule has 1 fully saturated rings. The maximum Gasteiger partial charge on any atom is 0.0764 e. The second kappa shape index (κ2) is 4.33. The fourth-order valence-corrected chi connectivity index (χ4v) is 1.98. The van der Waals surface area contributed by atoms with Crippen LogP contribution in [0.5, 0.6) is 0 Å². The van der Waals surface area contributed by atoms with E-state index in [1.165, 1.54) is 0 Å². The number of likely N-dealkylation sites (tertiary alicyclic amines) is 1. The van der Waals surface area contributed by atoms with Crippen molar-refractivity contribution in [2.45, 2.75) is 38.9 Å². The highest BCUT2D eigenvalue weighted by atomic mass is 15.3. The number of hydrogen-bond donors (Lipinski definition) is 1. The number of aromatic nitrogens is 2. The molecule has 1 aromatic rings. The van der Waals surface area contributed by atoms with Crippen LogP contribution in [0.4, 0.5) is 0 Å². The van der Waals surface area contributed by atoms with Crippen LogP contribution < -0.4 is 5.73 Å². The van der Waals surface area contributed by atoms with Crippen molar-refractivity contribution < 1.29 is 0 Å². The lowest BCUT2D eigenvalue weighted by Crippen LogP contribution is -2.26. The average Bonchev–Trinajstić information content (AvgIpc) is 2.76. The minimum Gasteiger partial charge on any atom is -0.326 e. The SMILES string of the molecule is CC(C)n1ccc(CN2CCC(N)C2)n1. The van der Waals surface area contributed by atoms with Gasteiger partial charge in [-0.2, -0.15) is 5.10 Å². The zero-order chi connectivity index (χ0) is 10.8. The molecule has 4 heteroatoms. The van der Waals surface area contributed by atoms with E-state index >= 15 is 0 Å². The van der Waals surface area contributed by atoms with Crippen LogP contribution in [0.15, 0.2) is 12.3 Å². The topological polar surface area (TPSA) is 47.1 Å². The zero-order valence-corrected chi connectivity index (χ0v) is 9.56. The first kappa shape index (κ1) is 10.6. The molecule has 4 nitrogen and oxygen atoms in total. The quantitative estimate of drug-likeness (QED) is 0.806. The first-order valence-electron chi connectivity index (χ1n) is 5.67. The molecule has 1 unspecified atom stereocenters. The molecule has 0 aliphatic carbocycles. The summed E-state index contributed by atoms with van der Waals surface area (Å²) in [6.45, 7) is 7.34. The largest absolute Gasteiger partial charge is 0.326 e. The third-order valence-corrected chi connectivity index (χ3v) is 2.89. The summed E-state index contributed by atoms with van der Waals surface area (Å²) < 4.78 is 2.01. The van der Waals surface area contributed by atoms with Crippen molar-refractivity contribution in [3.05, 3.63) is 18.0 Å². The van der Waals surface area contributed by atoms with Gasteiger partial charge in [0.05, 0.1) is 5.69 Å². The Hall–Kier alpha value is -0.870. The molecular formula is C11H20N4. The average molecular weight is 208 g/mol. The van der Waals surface area contributed by atoms with Gasteiger partial charge < -0.3 is 5.73 Å². The van der Waals surface area contributed by atoms with Crippen molar-refractivity contribution in [2.75, 3.05) is 13.1 Å². The van der Waals surface area contributed by atoms with E-state index in [2.05, 4.69) is 36.1 Å². The molecule has 84 valence electrons. The lowest BCUT2D eigenvalue weighted by Gasteiger charge is -2.13. The minimum absolute atomic E-state index is 0.359. The van der Waals surface area contributed by atoms with Crippen LogP contribution in [0.3, 0.4) is 0 Å². The van der Waals surface area contributed by atoms with Gasteiger partial charge in [-0.15, -0.1) is 0 Å². The monoisotopic (exact) mass is 208 g/mol. The molecule has 0 saturated carbocycles. The molecule has 0 bridgehead atoms. The molecule has 0 aromatic carbocycles. The first-order chi connectivity index (χ1) is 7.15. The summed E-state index contributed by atoms with van der Waals surface area (Å²) in [6.07, 6.45) is 3.17. The third-order valence-electron chi connectivity index (χ3n) is 2.89. The zero-order valence-electron chi connectivity index (χ0n) is 9.56. The van der Waals surface area contributed by atoms with Crippen LogP contribution >= 0.6 is 0 Å². The molecule has 2 heterocycles. The van der Waals surface area contributed by atoms with Crippen LogP contribution in [0.1, 0.15) is 32.0 Å². The summed E-state index contributed by atoms with van der Waals surface area (Å²) >= 11 is 0. The summed E-state index contributed by atoms with van der Waals surface area (Å²) in [5.74, 6) is 0. The Morgan fingerprint density at radius 1 is 1.60 bits per heavy atom. The summed E-state index contributed by atoms with van der Waals surface area (Å²) in [5.41, 5.74) is 7.02. The van der Waals surface area contributed by atoms with E-state index in [4.69, 9.17) is 5.73 Å². The third kappa shape index (κ3) is 2.58. The Kier molecular flexibility index (Phi) is 3.07. The highest BCUT2D eigenvalue weighted by Gasteiger charge is 2.19. The fraction of sp³-hybridized carbons (Fsp3) is 0.727. The smallest absolute Gasteiger partial charge is 0.0764 e. The summed E-state index contributed by atoms with van der Waals surface area (Å²) in [6, 6.07) is 2.90. The number of nitrogens with zero attached hydrogens (tertiary/aromatic N) is 3. The second-order valence-electron chi connectivity index (χ2n) is 4.66. The van der Waals surface area contributed by atoms with Gasteiger partial charge in [0, 0.05) is 37.9 Å². The van der Waals surface area contributed by atoms with Gasteiger partial charge in [-0.3, -0.25) is 9.58 Å². The second-order valence-corrected chi connectivity index (χ2v) is 4.66. The van der Waals surface area contributed by atoms with Gasteiger partial charge in [-0.1, -0.05) is 0 Å². The van der Waals surface area contributed by atoms with Crippen molar-refractivity contribution in [3.8, 4) is 0 Å². The molecular weight excluding hydrogens is 188 g/mol. The molecule has 0 spiro atoms. The Balaban J connectivity index is 1.93. The minimum atomic E-state index is 0.359. The first-order valence-corrected chi connectivity index (χ1v) is 5.67. The lowest BCUT2D eigenvalue weighted by atomic mass is 10.3. The van der Waals surface area contributed by atoms with Crippen molar-refractivity contribution in [1.29, 1.82) is 0 Å². The number of rotatable bonds is 3. The predicted molar refractivity (Wildman–Crippen MR) is 60.5 cm³/mol. The number of hydrogen-bond acceptors (Lipinski definition) is 3. The van der Waals surface area contributed by atoms with Crippen LogP contribution in [0, 0.1) is 0 Å². The molecule has 1 atom stereocenters. The van der Waals surface area contributed by atoms with Crippen molar-refractivity contribution in [2.24, 2.45) is 5.73 Å². The molecule has 15 heavy (non-hydrogen) atoms. The summed E-state index contributed by atoms with van der Waals surface area (Å²) in [4.78, 5) is 2.37. The Morgan fingerprint density at radius 3 is 2.93 bits per heavy atom. The summed E-state index contributed by atoms with van der Waals surface area (Å²) in [7, 11) is 0. The standard InChI is InChI=1S/C11H20N4/c1-9(2)15-6-4-11(13-15)8-14-5-3-10(12)7-14/h4,6,9-10H,3,5,7-8,12H2,1-2H3. The normalized spacial score (nSPS) is 22.8. The molecule has 1 aliphatic rings. The number of nitrogens with two attached hydrogens (primary N) is 1. The highest BCUT2D eigenvalue weighted by Crippen LogP contribution is 2.12. The predicted octanol–water partition coefficient (Wildman–Crippen LogP) is 0.997. The van der Waals surface area contributed by atoms with E-state index < -0.39 is 0 Å². The maximum atomic E-state index is 5.86. The lowest BCUT2D eigenvalue weighted by molar-refractivity contribution is 0.320. The van der Waals surface area contributed by atoms with E-state index in [0.717, 1.165) is 31.7 Å². The van der Waals surface area contributed by atoms with Crippen LogP contribution in [0.2, 0.25) is 0 Å². The molecule has 2 rings (SSSR count). The van der Waals surface area contributed by atoms with E-state index in [9.17, 15) is 0 Å². The van der Waals surface area contributed by atoms with Gasteiger partial charge in [0.25, 0.3) is 0 Å². The van der Waals surface area contributed by atoms with E-state index in [1.54, 1.807) is 0 Å². The Labute approximate surface area is 91.1 Å². The van der Waals surface area contributed by atoms with Gasteiger partial charge in [0.1, 0.15) is 0 Å². The Bertz CT molecular complexity index is 318. The van der Waals surface area contributed by atoms with E-state index in [1.807, 2.05) is 4.68 Å². The molecule has 1 aliphatic heterocycles. The van der Waals surface area contributed by atoms with Crippen molar-refractivity contribution in [1.82, 2.24) is 14.7 Å². The Morgan fingerprint density at radius 2 is 2.40 bits per heavy atom. The van der Waals surface area contributed by atoms with Crippen LogP contribution in [0.25, 0.3) is 0 Å².